The van der Waals surface area contributed by atoms with Crippen LogP contribution in [0.1, 0.15) is 49.8 Å². The summed E-state index contributed by atoms with van der Waals surface area (Å²) in [6.07, 6.45) is 4.14. The number of amides is 1. The van der Waals surface area contributed by atoms with Crippen molar-refractivity contribution in [2.24, 2.45) is 17.6 Å². The SMILES string of the molecule is Cc1cccc([C@@H](C)NC(=O)C2CCC(CN)CC2)c1. The predicted octanol–water partition coefficient (Wildman–Crippen LogP) is 2.94. The third kappa shape index (κ3) is 3.83. The molecule has 1 saturated carbocycles. The van der Waals surface area contributed by atoms with Crippen molar-refractivity contribution in [3.05, 3.63) is 35.4 Å². The molecule has 1 aliphatic rings. The lowest BCUT2D eigenvalue weighted by atomic mass is 9.81. The number of nitrogens with one attached hydrogen (secondary N) is 1. The Morgan fingerprint density at radius 3 is 2.65 bits per heavy atom. The molecule has 0 unspecified atom stereocenters. The van der Waals surface area contributed by atoms with Crippen LogP contribution in [0.15, 0.2) is 24.3 Å². The van der Waals surface area contributed by atoms with E-state index in [9.17, 15) is 4.79 Å². The topological polar surface area (TPSA) is 55.1 Å². The number of rotatable bonds is 4. The molecule has 0 bridgehead atoms. The number of carbonyl (C=O) groups excluding carboxylic acids is 1. The molecule has 3 nitrogen and oxygen atoms in total. The molecule has 1 aromatic carbocycles. The van der Waals surface area contributed by atoms with Crippen LogP contribution < -0.4 is 11.1 Å². The summed E-state index contributed by atoms with van der Waals surface area (Å²) in [7, 11) is 0. The maximum Gasteiger partial charge on any atom is 0.223 e. The molecule has 1 atom stereocenters. The number of carbonyl (C=O) groups is 1. The van der Waals surface area contributed by atoms with Crippen molar-refractivity contribution in [1.29, 1.82) is 0 Å². The average Bonchev–Trinajstić information content (AvgIpc) is 2.47. The van der Waals surface area contributed by atoms with Gasteiger partial charge in [-0.25, -0.2) is 0 Å². The molecule has 0 saturated heterocycles. The number of hydrogen-bond acceptors (Lipinski definition) is 2. The Balaban J connectivity index is 1.88. The van der Waals surface area contributed by atoms with Crippen LogP contribution in [0.2, 0.25) is 0 Å². The molecule has 1 aromatic rings. The van der Waals surface area contributed by atoms with Crippen LogP contribution in [0, 0.1) is 18.8 Å². The van der Waals surface area contributed by atoms with Gasteiger partial charge in [-0.2, -0.15) is 0 Å². The van der Waals surface area contributed by atoms with Crippen molar-refractivity contribution in [3.8, 4) is 0 Å². The van der Waals surface area contributed by atoms with Crippen molar-refractivity contribution >= 4 is 5.91 Å². The van der Waals surface area contributed by atoms with Gasteiger partial charge in [0.15, 0.2) is 0 Å². The Bertz CT molecular complexity index is 450. The zero-order chi connectivity index (χ0) is 14.5. The summed E-state index contributed by atoms with van der Waals surface area (Å²) in [4.78, 5) is 12.3. The second-order valence-electron chi connectivity index (χ2n) is 6.10. The second kappa shape index (κ2) is 6.89. The third-order valence-corrected chi connectivity index (χ3v) is 4.45. The van der Waals surface area contributed by atoms with E-state index in [1.807, 2.05) is 6.07 Å². The van der Waals surface area contributed by atoms with Crippen molar-refractivity contribution in [2.45, 2.75) is 45.6 Å². The first-order valence-electron chi connectivity index (χ1n) is 7.67. The molecule has 0 heterocycles. The Labute approximate surface area is 121 Å². The van der Waals surface area contributed by atoms with Crippen molar-refractivity contribution in [3.63, 3.8) is 0 Å². The van der Waals surface area contributed by atoms with E-state index in [0.717, 1.165) is 32.2 Å². The van der Waals surface area contributed by atoms with E-state index < -0.39 is 0 Å². The molecule has 1 amide bonds. The van der Waals surface area contributed by atoms with Gasteiger partial charge in [0.2, 0.25) is 5.91 Å². The fourth-order valence-electron chi connectivity index (χ4n) is 3.01. The summed E-state index contributed by atoms with van der Waals surface area (Å²) in [5, 5.41) is 3.16. The minimum atomic E-state index is 0.0784. The largest absolute Gasteiger partial charge is 0.349 e. The number of nitrogens with two attached hydrogens (primary N) is 1. The molecule has 0 spiro atoms. The number of benzene rings is 1. The quantitative estimate of drug-likeness (QED) is 0.887. The molecule has 110 valence electrons. The molecular weight excluding hydrogens is 248 g/mol. The molecule has 2 rings (SSSR count). The van der Waals surface area contributed by atoms with E-state index in [1.54, 1.807) is 0 Å². The first kappa shape index (κ1) is 15.0. The zero-order valence-corrected chi connectivity index (χ0v) is 12.6. The van der Waals surface area contributed by atoms with Gasteiger partial charge in [-0.15, -0.1) is 0 Å². The summed E-state index contributed by atoms with van der Waals surface area (Å²) in [6.45, 7) is 4.89. The summed E-state index contributed by atoms with van der Waals surface area (Å²) < 4.78 is 0. The van der Waals surface area contributed by atoms with Gasteiger partial charge in [0.1, 0.15) is 0 Å². The van der Waals surface area contributed by atoms with Gasteiger partial charge in [-0.3, -0.25) is 4.79 Å². The first-order chi connectivity index (χ1) is 9.60. The van der Waals surface area contributed by atoms with Gasteiger partial charge in [-0.05, 0) is 57.6 Å². The fourth-order valence-corrected chi connectivity index (χ4v) is 3.01. The molecule has 0 radical (unpaired) electrons. The Hall–Kier alpha value is -1.35. The van der Waals surface area contributed by atoms with E-state index >= 15 is 0 Å². The minimum Gasteiger partial charge on any atom is -0.349 e. The van der Waals surface area contributed by atoms with E-state index in [-0.39, 0.29) is 17.9 Å². The smallest absolute Gasteiger partial charge is 0.223 e. The lowest BCUT2D eigenvalue weighted by Crippen LogP contribution is -2.35. The van der Waals surface area contributed by atoms with Gasteiger partial charge in [-0.1, -0.05) is 29.8 Å². The van der Waals surface area contributed by atoms with Gasteiger partial charge < -0.3 is 11.1 Å². The van der Waals surface area contributed by atoms with Gasteiger partial charge in [0, 0.05) is 5.92 Å². The molecule has 0 aliphatic heterocycles. The Kier molecular flexibility index (Phi) is 5.18. The third-order valence-electron chi connectivity index (χ3n) is 4.45. The van der Waals surface area contributed by atoms with E-state index in [2.05, 4.69) is 37.4 Å². The molecule has 3 heteroatoms. The summed E-state index contributed by atoms with van der Waals surface area (Å²) >= 11 is 0. The van der Waals surface area contributed by atoms with E-state index in [0.29, 0.717) is 5.92 Å². The average molecular weight is 274 g/mol. The Morgan fingerprint density at radius 1 is 1.35 bits per heavy atom. The van der Waals surface area contributed by atoms with Crippen LogP contribution in [0.4, 0.5) is 0 Å². The van der Waals surface area contributed by atoms with Crippen LogP contribution >= 0.6 is 0 Å². The molecule has 1 fully saturated rings. The highest BCUT2D eigenvalue weighted by molar-refractivity contribution is 5.79. The number of aryl methyl sites for hydroxylation is 1. The molecule has 1 aliphatic carbocycles. The number of hydrogen-bond donors (Lipinski definition) is 2. The predicted molar refractivity (Wildman–Crippen MR) is 82.2 cm³/mol. The first-order valence-corrected chi connectivity index (χ1v) is 7.67. The summed E-state index contributed by atoms with van der Waals surface area (Å²) in [5.41, 5.74) is 8.10. The maximum absolute atomic E-state index is 12.3. The van der Waals surface area contributed by atoms with Crippen LogP contribution in [0.5, 0.6) is 0 Å². The van der Waals surface area contributed by atoms with Gasteiger partial charge in [0.05, 0.1) is 6.04 Å². The standard InChI is InChI=1S/C17H26N2O/c1-12-4-3-5-16(10-12)13(2)19-17(20)15-8-6-14(11-18)7-9-15/h3-5,10,13-15H,6-9,11,18H2,1-2H3,(H,19,20)/t13-,14?,15?/m1/s1. The fraction of sp³-hybridized carbons (Fsp3) is 0.588. The van der Waals surface area contributed by atoms with Crippen molar-refractivity contribution in [1.82, 2.24) is 5.32 Å². The normalized spacial score (nSPS) is 24.1. The highest BCUT2D eigenvalue weighted by Crippen LogP contribution is 2.28. The van der Waals surface area contributed by atoms with Crippen LogP contribution in [-0.4, -0.2) is 12.5 Å². The highest BCUT2D eigenvalue weighted by Gasteiger charge is 2.26. The van der Waals surface area contributed by atoms with Crippen LogP contribution in [0.3, 0.4) is 0 Å². The lowest BCUT2D eigenvalue weighted by Gasteiger charge is -2.28. The maximum atomic E-state index is 12.3. The minimum absolute atomic E-state index is 0.0784. The zero-order valence-electron chi connectivity index (χ0n) is 12.6. The highest BCUT2D eigenvalue weighted by atomic mass is 16.1. The van der Waals surface area contributed by atoms with Gasteiger partial charge in [0.25, 0.3) is 0 Å². The monoisotopic (exact) mass is 274 g/mol. The molecular formula is C17H26N2O. The Morgan fingerprint density at radius 2 is 2.05 bits per heavy atom. The molecule has 20 heavy (non-hydrogen) atoms. The van der Waals surface area contributed by atoms with Crippen molar-refractivity contribution in [2.75, 3.05) is 6.54 Å². The van der Waals surface area contributed by atoms with Crippen LogP contribution in [0.25, 0.3) is 0 Å². The van der Waals surface area contributed by atoms with E-state index in [1.165, 1.54) is 11.1 Å². The second-order valence-corrected chi connectivity index (χ2v) is 6.10. The summed E-state index contributed by atoms with van der Waals surface area (Å²) in [5.74, 6) is 0.993. The molecule has 0 aromatic heterocycles. The molecule has 3 N–H and O–H groups in total. The van der Waals surface area contributed by atoms with Crippen LogP contribution in [-0.2, 0) is 4.79 Å². The van der Waals surface area contributed by atoms with E-state index in [4.69, 9.17) is 5.73 Å². The van der Waals surface area contributed by atoms with Crippen molar-refractivity contribution < 1.29 is 4.79 Å². The van der Waals surface area contributed by atoms with Gasteiger partial charge >= 0.3 is 0 Å². The lowest BCUT2D eigenvalue weighted by molar-refractivity contribution is -0.126. The summed E-state index contributed by atoms with van der Waals surface area (Å²) in [6, 6.07) is 8.40.